The highest BCUT2D eigenvalue weighted by atomic mass is 19.3. The Morgan fingerprint density at radius 2 is 1.91 bits per heavy atom. The molecule has 5 rings (SSSR count). The van der Waals surface area contributed by atoms with Gasteiger partial charge in [-0.1, -0.05) is 0 Å². The zero-order valence-electron chi connectivity index (χ0n) is 26.3. The van der Waals surface area contributed by atoms with Crippen LogP contribution in [0.4, 0.5) is 26.2 Å². The second-order valence-corrected chi connectivity index (χ2v) is 11.8. The molecule has 2 aliphatic heterocycles. The number of aromatic nitrogens is 3. The maximum Gasteiger partial charge on any atom is 0.275 e. The van der Waals surface area contributed by atoms with Gasteiger partial charge >= 0.3 is 0 Å². The van der Waals surface area contributed by atoms with Crippen molar-refractivity contribution in [3.05, 3.63) is 48.2 Å². The molecule has 1 aromatic carbocycles. The number of rotatable bonds is 9. The third-order valence-electron chi connectivity index (χ3n) is 8.35. The minimum atomic E-state index is -3.18. The summed E-state index contributed by atoms with van der Waals surface area (Å²) in [6.45, 7) is 6.08. The van der Waals surface area contributed by atoms with E-state index >= 15 is 0 Å². The predicted molar refractivity (Wildman–Crippen MR) is 167 cm³/mol. The van der Waals surface area contributed by atoms with Gasteiger partial charge in [-0.3, -0.25) is 4.79 Å². The molecule has 0 radical (unpaired) electrons. The Balaban J connectivity index is 1.25. The number of alkyl halides is 2. The van der Waals surface area contributed by atoms with Crippen molar-refractivity contribution in [3.63, 3.8) is 0 Å². The second-order valence-electron chi connectivity index (χ2n) is 11.8. The van der Waals surface area contributed by atoms with Crippen molar-refractivity contribution in [3.8, 4) is 29.0 Å². The average molecular weight is 637 g/mol. The van der Waals surface area contributed by atoms with E-state index in [9.17, 15) is 23.9 Å². The highest BCUT2D eigenvalue weighted by Gasteiger charge is 2.44. The number of aliphatic hydroxyl groups is 1. The number of likely N-dealkylation sites (tertiary alicyclic amines) is 1. The maximum absolute atomic E-state index is 13.1. The van der Waals surface area contributed by atoms with E-state index in [2.05, 4.69) is 50.1 Å². The molecule has 4 heterocycles. The van der Waals surface area contributed by atoms with Crippen LogP contribution in [0, 0.1) is 11.3 Å². The lowest BCUT2D eigenvalue weighted by Gasteiger charge is -2.40. The first kappa shape index (κ1) is 32.8. The van der Waals surface area contributed by atoms with Crippen LogP contribution in [0.5, 0.6) is 11.6 Å². The molecule has 0 saturated carbocycles. The smallest absolute Gasteiger partial charge is 0.275 e. The number of piperazine rings is 1. The molecule has 2 atom stereocenters. The summed E-state index contributed by atoms with van der Waals surface area (Å²) < 4.78 is 37.9. The number of anilines is 3. The lowest BCUT2D eigenvalue weighted by molar-refractivity contribution is -0.167. The Bertz CT molecular complexity index is 1590. The predicted octanol–water partition coefficient (Wildman–Crippen LogP) is 3.69. The lowest BCUT2D eigenvalue weighted by Crippen LogP contribution is -2.54. The third-order valence-corrected chi connectivity index (χ3v) is 8.35. The number of nitriles is 1. The van der Waals surface area contributed by atoms with E-state index in [0.29, 0.717) is 59.1 Å². The Hall–Kier alpha value is -4.61. The van der Waals surface area contributed by atoms with E-state index in [-0.39, 0.29) is 19.2 Å². The molecule has 3 aromatic rings. The molecule has 0 unspecified atom stereocenters. The number of halogens is 2. The molecule has 0 bridgehead atoms. The summed E-state index contributed by atoms with van der Waals surface area (Å²) in [5, 5.41) is 22.9. The number of ether oxygens (including phenoxy) is 2. The summed E-state index contributed by atoms with van der Waals surface area (Å²) >= 11 is 0. The number of pyridine rings is 1. The number of carbonyl (C=O) groups is 1. The third kappa shape index (κ3) is 7.11. The second kappa shape index (κ2) is 13.8. The van der Waals surface area contributed by atoms with Crippen molar-refractivity contribution >= 4 is 23.4 Å². The summed E-state index contributed by atoms with van der Waals surface area (Å²) in [4.78, 5) is 31.7. The van der Waals surface area contributed by atoms with Crippen LogP contribution in [0.15, 0.2) is 42.6 Å². The molecule has 12 nitrogen and oxygen atoms in total. The quantitative estimate of drug-likeness (QED) is 0.356. The highest BCUT2D eigenvalue weighted by Crippen LogP contribution is 2.32. The van der Waals surface area contributed by atoms with Crippen molar-refractivity contribution in [1.29, 1.82) is 5.26 Å². The van der Waals surface area contributed by atoms with Crippen LogP contribution in [0.3, 0.4) is 0 Å². The van der Waals surface area contributed by atoms with Crippen molar-refractivity contribution in [1.82, 2.24) is 24.8 Å². The fourth-order valence-corrected chi connectivity index (χ4v) is 5.71. The number of hydrogen-bond acceptors (Lipinski definition) is 11. The molecular formula is C32H38F2N8O4. The molecule has 2 saturated heterocycles. The summed E-state index contributed by atoms with van der Waals surface area (Å²) in [6.07, 6.45) is -1.17. The van der Waals surface area contributed by atoms with Crippen molar-refractivity contribution in [2.45, 2.75) is 50.9 Å². The molecule has 2 aromatic heterocycles. The van der Waals surface area contributed by atoms with Crippen molar-refractivity contribution < 1.29 is 28.2 Å². The molecule has 0 spiro atoms. The van der Waals surface area contributed by atoms with Crippen LogP contribution in [0.2, 0.25) is 0 Å². The molecule has 1 amide bonds. The molecule has 2 aliphatic rings. The zero-order valence-corrected chi connectivity index (χ0v) is 26.3. The summed E-state index contributed by atoms with van der Waals surface area (Å²) in [7, 11) is 3.71. The summed E-state index contributed by atoms with van der Waals surface area (Å²) in [5.41, 5.74) is -0.258. The Labute approximate surface area is 266 Å². The van der Waals surface area contributed by atoms with Crippen LogP contribution in [-0.2, 0) is 4.79 Å². The van der Waals surface area contributed by atoms with Gasteiger partial charge in [0.2, 0.25) is 17.4 Å². The van der Waals surface area contributed by atoms with Crippen LogP contribution in [-0.4, -0.2) is 107 Å². The van der Waals surface area contributed by atoms with E-state index < -0.39 is 17.9 Å². The highest BCUT2D eigenvalue weighted by molar-refractivity contribution is 5.85. The number of benzene rings is 1. The monoisotopic (exact) mass is 636 g/mol. The number of nitrogens with one attached hydrogen (secondary N) is 1. The molecule has 244 valence electrons. The van der Waals surface area contributed by atoms with Gasteiger partial charge in [0.1, 0.15) is 29.4 Å². The maximum atomic E-state index is 13.1. The van der Waals surface area contributed by atoms with Crippen LogP contribution in [0.1, 0.15) is 32.3 Å². The minimum absolute atomic E-state index is 0.154. The van der Waals surface area contributed by atoms with Gasteiger partial charge in [0.15, 0.2) is 0 Å². The molecule has 2 N–H and O–H groups in total. The first-order chi connectivity index (χ1) is 22.0. The van der Waals surface area contributed by atoms with Crippen molar-refractivity contribution in [2.24, 2.45) is 0 Å². The standard InChI is InChI=1S/C32H38F2N8O4/c1-20-19-40(3)15-16-42(20)25-6-8-27(38-28(25)45-4)39-31-36-12-9-24(37-31)21-5-7-26(22(17-21)18-35)46-23-10-13-41(14-11-23)30(43)32(2,44)29(33)34/h5-9,12,17,20,23,29,44H,10-11,13-16,19H2,1-4H3,(H,36,37,38,39)/t20-,32-/m1/s1. The molecule has 14 heteroatoms. The summed E-state index contributed by atoms with van der Waals surface area (Å²) in [6, 6.07) is 13.2. The Morgan fingerprint density at radius 1 is 1.15 bits per heavy atom. The number of carbonyl (C=O) groups excluding carboxylic acids is 1. The first-order valence-electron chi connectivity index (χ1n) is 15.1. The number of likely N-dealkylation sites (N-methyl/N-ethyl adjacent to an activating group) is 1. The Kier molecular flexibility index (Phi) is 9.83. The van der Waals surface area contributed by atoms with Crippen molar-refractivity contribution in [2.75, 3.05) is 57.1 Å². The van der Waals surface area contributed by atoms with Gasteiger partial charge in [0, 0.05) is 63.4 Å². The fourth-order valence-electron chi connectivity index (χ4n) is 5.71. The molecular weight excluding hydrogens is 598 g/mol. The summed E-state index contributed by atoms with van der Waals surface area (Å²) in [5.74, 6) is 0.706. The van der Waals surface area contributed by atoms with E-state index in [1.165, 1.54) is 4.90 Å². The minimum Gasteiger partial charge on any atom is -0.489 e. The first-order valence-corrected chi connectivity index (χ1v) is 15.1. The van der Waals surface area contributed by atoms with Gasteiger partial charge in [-0.2, -0.15) is 10.2 Å². The van der Waals surface area contributed by atoms with Gasteiger partial charge in [-0.25, -0.2) is 18.7 Å². The van der Waals surface area contributed by atoms with Gasteiger partial charge in [0.05, 0.1) is 18.4 Å². The zero-order chi connectivity index (χ0) is 33.0. The van der Waals surface area contributed by atoms with E-state index in [0.717, 1.165) is 32.2 Å². The number of amides is 1. The average Bonchev–Trinajstić information content (AvgIpc) is 3.05. The SMILES string of the molecule is COc1nc(Nc2nccc(-c3ccc(OC4CCN(C(=O)[C@](C)(O)C(F)F)CC4)c(C#N)c3)n2)ccc1N1CCN(C)C[C@H]1C. The van der Waals surface area contributed by atoms with Crippen LogP contribution >= 0.6 is 0 Å². The van der Waals surface area contributed by atoms with Gasteiger partial charge in [-0.05, 0) is 57.3 Å². The topological polar surface area (TPSA) is 140 Å². The number of piperidine rings is 1. The van der Waals surface area contributed by atoms with E-state index in [1.54, 1.807) is 37.6 Å². The molecule has 2 fully saturated rings. The largest absolute Gasteiger partial charge is 0.489 e. The lowest BCUT2D eigenvalue weighted by atomic mass is 10.0. The van der Waals surface area contributed by atoms with E-state index in [4.69, 9.17) is 9.47 Å². The van der Waals surface area contributed by atoms with Crippen LogP contribution in [0.25, 0.3) is 11.3 Å². The number of nitrogens with zero attached hydrogens (tertiary/aromatic N) is 7. The van der Waals surface area contributed by atoms with Gasteiger partial charge in [-0.15, -0.1) is 0 Å². The number of methoxy groups -OCH3 is 1. The van der Waals surface area contributed by atoms with Gasteiger partial charge in [0.25, 0.3) is 12.3 Å². The van der Waals surface area contributed by atoms with Crippen LogP contribution < -0.4 is 19.7 Å². The normalized spacial score (nSPS) is 19.0. The van der Waals surface area contributed by atoms with Gasteiger partial charge < -0.3 is 34.6 Å². The fraction of sp³-hybridized carbons (Fsp3) is 0.469. The molecule has 46 heavy (non-hydrogen) atoms. The van der Waals surface area contributed by atoms with E-state index in [1.807, 2.05) is 12.1 Å². The molecule has 0 aliphatic carbocycles. The Morgan fingerprint density at radius 3 is 2.59 bits per heavy atom. The number of hydrogen-bond donors (Lipinski definition) is 2.